The first-order valence-electron chi connectivity index (χ1n) is 10.9. The van der Waals surface area contributed by atoms with E-state index in [0.29, 0.717) is 0 Å². The van der Waals surface area contributed by atoms with Gasteiger partial charge in [0.1, 0.15) is 5.75 Å². The fourth-order valence-corrected chi connectivity index (χ4v) is 4.64. The molecule has 0 spiro atoms. The van der Waals surface area contributed by atoms with Gasteiger partial charge in [-0.05, 0) is 49.7 Å². The predicted octanol–water partition coefficient (Wildman–Crippen LogP) is 6.43. The lowest BCUT2D eigenvalue weighted by Crippen LogP contribution is -2.33. The molecule has 158 valence electrons. The van der Waals surface area contributed by atoms with E-state index in [1.807, 2.05) is 30.3 Å². The van der Waals surface area contributed by atoms with Gasteiger partial charge in [0.05, 0.1) is 11.8 Å². The largest absolute Gasteiger partial charge is 0.464 e. The van der Waals surface area contributed by atoms with E-state index < -0.39 is 0 Å². The van der Waals surface area contributed by atoms with E-state index in [1.54, 1.807) is 0 Å². The summed E-state index contributed by atoms with van der Waals surface area (Å²) in [4.78, 5) is 2.34. The van der Waals surface area contributed by atoms with E-state index in [0.717, 1.165) is 47.1 Å². The van der Waals surface area contributed by atoms with Gasteiger partial charge in [0.25, 0.3) is 0 Å². The Kier molecular flexibility index (Phi) is 5.33. The number of hydrogen-bond donors (Lipinski definition) is 0. The average Bonchev–Trinajstić information content (AvgIpc) is 3.26. The standard InChI is InChI=1S/C26H26ClN3O/c1-3-29(4-2)21-15-11-19(12-16-21)26-30-24(22-7-5-6-8-25(22)31-26)17-23(28-30)18-9-13-20(27)14-10-18/h5-16,24,26H,3-4,17H2,1-2H3/t24-,26-/m0/s1. The highest BCUT2D eigenvalue weighted by atomic mass is 35.5. The second kappa shape index (κ2) is 8.27. The third kappa shape index (κ3) is 3.66. The van der Waals surface area contributed by atoms with Gasteiger partial charge in [-0.15, -0.1) is 0 Å². The molecule has 2 aliphatic heterocycles. The van der Waals surface area contributed by atoms with Crippen molar-refractivity contribution in [2.75, 3.05) is 18.0 Å². The predicted molar refractivity (Wildman–Crippen MR) is 127 cm³/mol. The zero-order valence-corrected chi connectivity index (χ0v) is 18.6. The topological polar surface area (TPSA) is 28.1 Å². The fourth-order valence-electron chi connectivity index (χ4n) is 4.51. The van der Waals surface area contributed by atoms with Crippen molar-refractivity contribution in [3.8, 4) is 5.75 Å². The molecule has 3 aromatic carbocycles. The van der Waals surface area contributed by atoms with Gasteiger partial charge < -0.3 is 9.64 Å². The lowest BCUT2D eigenvalue weighted by atomic mass is 9.96. The van der Waals surface area contributed by atoms with Crippen LogP contribution in [-0.4, -0.2) is 23.8 Å². The number of nitrogens with zero attached hydrogens (tertiary/aromatic N) is 3. The molecule has 0 radical (unpaired) electrons. The molecule has 2 aliphatic rings. The molecular formula is C26H26ClN3O. The molecular weight excluding hydrogens is 406 g/mol. The average molecular weight is 432 g/mol. The van der Waals surface area contributed by atoms with Gasteiger partial charge in [-0.1, -0.05) is 54.1 Å². The summed E-state index contributed by atoms with van der Waals surface area (Å²) in [6, 6.07) is 25.1. The monoisotopic (exact) mass is 431 g/mol. The zero-order chi connectivity index (χ0) is 21.4. The maximum Gasteiger partial charge on any atom is 0.213 e. The molecule has 0 aromatic heterocycles. The summed E-state index contributed by atoms with van der Waals surface area (Å²) in [7, 11) is 0. The van der Waals surface area contributed by atoms with Gasteiger partial charge in [0, 0.05) is 41.3 Å². The molecule has 5 rings (SSSR count). The maximum absolute atomic E-state index is 6.47. The molecule has 0 saturated heterocycles. The SMILES string of the molecule is CCN(CC)c1ccc([C@@H]2Oc3ccccc3[C@@H]3CC(c4ccc(Cl)cc4)=NN32)cc1. The second-order valence-electron chi connectivity index (χ2n) is 7.93. The number of hydrazone groups is 1. The Balaban J connectivity index is 1.52. The summed E-state index contributed by atoms with van der Waals surface area (Å²) < 4.78 is 6.47. The fraction of sp³-hybridized carbons (Fsp3) is 0.269. The summed E-state index contributed by atoms with van der Waals surface area (Å²) >= 11 is 6.09. The Bertz CT molecular complexity index is 1090. The molecule has 0 unspecified atom stereocenters. The molecule has 0 N–H and O–H groups in total. The first-order valence-corrected chi connectivity index (χ1v) is 11.3. The molecule has 0 bridgehead atoms. The molecule has 0 saturated carbocycles. The second-order valence-corrected chi connectivity index (χ2v) is 8.36. The van der Waals surface area contributed by atoms with Crippen LogP contribution >= 0.6 is 11.6 Å². The minimum atomic E-state index is -0.254. The van der Waals surface area contributed by atoms with Crippen molar-refractivity contribution >= 4 is 23.0 Å². The number of benzene rings is 3. The number of para-hydroxylation sites is 1. The maximum atomic E-state index is 6.47. The van der Waals surface area contributed by atoms with E-state index in [2.05, 4.69) is 66.2 Å². The van der Waals surface area contributed by atoms with Gasteiger partial charge >= 0.3 is 0 Å². The molecule has 0 amide bonds. The molecule has 31 heavy (non-hydrogen) atoms. The van der Waals surface area contributed by atoms with E-state index in [4.69, 9.17) is 21.4 Å². The van der Waals surface area contributed by atoms with Crippen LogP contribution in [0.4, 0.5) is 5.69 Å². The molecule has 5 heteroatoms. The van der Waals surface area contributed by atoms with Crippen molar-refractivity contribution in [2.24, 2.45) is 5.10 Å². The van der Waals surface area contributed by atoms with Gasteiger partial charge in [0.2, 0.25) is 6.23 Å². The zero-order valence-electron chi connectivity index (χ0n) is 17.8. The van der Waals surface area contributed by atoms with E-state index in [-0.39, 0.29) is 12.3 Å². The summed E-state index contributed by atoms with van der Waals surface area (Å²) in [6.45, 7) is 6.35. The summed E-state index contributed by atoms with van der Waals surface area (Å²) in [5.74, 6) is 0.939. The van der Waals surface area contributed by atoms with Crippen LogP contribution in [0.15, 0.2) is 77.9 Å². The Morgan fingerprint density at radius 3 is 2.39 bits per heavy atom. The van der Waals surface area contributed by atoms with Crippen LogP contribution in [0, 0.1) is 0 Å². The normalized spacial score (nSPS) is 19.3. The van der Waals surface area contributed by atoms with E-state index in [9.17, 15) is 0 Å². The van der Waals surface area contributed by atoms with Gasteiger partial charge in [-0.2, -0.15) is 5.10 Å². The molecule has 0 fully saturated rings. The van der Waals surface area contributed by atoms with E-state index >= 15 is 0 Å². The molecule has 2 atom stereocenters. The summed E-state index contributed by atoms with van der Waals surface area (Å²) in [5.41, 5.74) is 5.69. The van der Waals surface area contributed by atoms with Gasteiger partial charge in [-0.3, -0.25) is 0 Å². The quantitative estimate of drug-likeness (QED) is 0.466. The highest BCUT2D eigenvalue weighted by molar-refractivity contribution is 6.30. The first kappa shape index (κ1) is 20.0. The van der Waals surface area contributed by atoms with Crippen LogP contribution in [-0.2, 0) is 0 Å². The van der Waals surface area contributed by atoms with Gasteiger partial charge in [0.15, 0.2) is 0 Å². The van der Waals surface area contributed by atoms with Crippen molar-refractivity contribution in [2.45, 2.75) is 32.5 Å². The number of halogens is 1. The van der Waals surface area contributed by atoms with Crippen LogP contribution in [0.5, 0.6) is 5.75 Å². The highest BCUT2D eigenvalue weighted by Crippen LogP contribution is 2.47. The smallest absolute Gasteiger partial charge is 0.213 e. The van der Waals surface area contributed by atoms with Crippen LogP contribution in [0.1, 0.15) is 49.2 Å². The Labute approximate surface area is 188 Å². The lowest BCUT2D eigenvalue weighted by molar-refractivity contribution is -0.0190. The van der Waals surface area contributed by atoms with E-state index in [1.165, 1.54) is 11.3 Å². The Morgan fingerprint density at radius 2 is 1.68 bits per heavy atom. The summed E-state index contributed by atoms with van der Waals surface area (Å²) in [5, 5.41) is 7.89. The van der Waals surface area contributed by atoms with Crippen LogP contribution in [0.3, 0.4) is 0 Å². The third-order valence-corrected chi connectivity index (χ3v) is 6.44. The lowest BCUT2D eigenvalue weighted by Gasteiger charge is -2.38. The van der Waals surface area contributed by atoms with Crippen molar-refractivity contribution in [3.63, 3.8) is 0 Å². The molecule has 4 nitrogen and oxygen atoms in total. The number of anilines is 1. The van der Waals surface area contributed by atoms with Crippen molar-refractivity contribution in [1.29, 1.82) is 0 Å². The molecule has 0 aliphatic carbocycles. The third-order valence-electron chi connectivity index (χ3n) is 6.18. The van der Waals surface area contributed by atoms with Crippen molar-refractivity contribution in [1.82, 2.24) is 5.01 Å². The first-order chi connectivity index (χ1) is 15.2. The minimum absolute atomic E-state index is 0.156. The minimum Gasteiger partial charge on any atom is -0.464 e. The molecule has 2 heterocycles. The summed E-state index contributed by atoms with van der Waals surface area (Å²) in [6.07, 6.45) is 0.589. The van der Waals surface area contributed by atoms with Crippen LogP contribution in [0.2, 0.25) is 5.02 Å². The van der Waals surface area contributed by atoms with Crippen LogP contribution in [0.25, 0.3) is 0 Å². The van der Waals surface area contributed by atoms with Gasteiger partial charge in [-0.25, -0.2) is 5.01 Å². The van der Waals surface area contributed by atoms with Crippen molar-refractivity contribution in [3.05, 3.63) is 94.5 Å². The Morgan fingerprint density at radius 1 is 0.968 bits per heavy atom. The van der Waals surface area contributed by atoms with Crippen molar-refractivity contribution < 1.29 is 4.74 Å². The number of hydrogen-bond acceptors (Lipinski definition) is 4. The number of fused-ring (bicyclic) bond motifs is 3. The van der Waals surface area contributed by atoms with Crippen LogP contribution < -0.4 is 9.64 Å². The number of ether oxygens (including phenoxy) is 1. The highest BCUT2D eigenvalue weighted by Gasteiger charge is 2.40. The number of rotatable bonds is 5. The Hall–Kier alpha value is -2.98. The molecule has 3 aromatic rings.